The van der Waals surface area contributed by atoms with Crippen molar-refractivity contribution in [1.82, 2.24) is 14.5 Å². The number of anilines is 1. The van der Waals surface area contributed by atoms with Crippen molar-refractivity contribution < 1.29 is 4.79 Å². The highest BCUT2D eigenvalue weighted by atomic mass is 35.5. The van der Waals surface area contributed by atoms with Crippen LogP contribution in [0.3, 0.4) is 0 Å². The average molecular weight is 350 g/mol. The number of carbonyl (C=O) groups excluding carboxylic acids is 1. The molecule has 0 saturated carbocycles. The first-order valence-electron chi connectivity index (χ1n) is 7.87. The maximum absolute atomic E-state index is 12.6. The van der Waals surface area contributed by atoms with Gasteiger partial charge >= 0.3 is 11.7 Å². The Morgan fingerprint density at radius 3 is 3.04 bits per heavy atom. The number of halogens is 1. The molecule has 1 aliphatic carbocycles. The second kappa shape index (κ2) is 6.68. The maximum atomic E-state index is 12.6. The van der Waals surface area contributed by atoms with Gasteiger partial charge in [-0.05, 0) is 19.8 Å². The van der Waals surface area contributed by atoms with Gasteiger partial charge in [0.15, 0.2) is 0 Å². The lowest BCUT2D eigenvalue weighted by atomic mass is 10.0. The van der Waals surface area contributed by atoms with Crippen LogP contribution in [-0.2, 0) is 0 Å². The number of aliphatic imine (C=N–C) groups is 1. The molecule has 0 spiro atoms. The van der Waals surface area contributed by atoms with E-state index >= 15 is 0 Å². The number of carbonyl (C=O) groups is 1. The van der Waals surface area contributed by atoms with E-state index in [0.29, 0.717) is 24.5 Å². The minimum Gasteiger partial charge on any atom is -0.348 e. The van der Waals surface area contributed by atoms with Crippen molar-refractivity contribution in [1.29, 1.82) is 0 Å². The molecule has 2 heterocycles. The van der Waals surface area contributed by atoms with E-state index in [4.69, 9.17) is 11.6 Å². The van der Waals surface area contributed by atoms with E-state index in [2.05, 4.69) is 21.4 Å². The van der Waals surface area contributed by atoms with Gasteiger partial charge in [-0.25, -0.2) is 14.2 Å². The van der Waals surface area contributed by atoms with Crippen molar-refractivity contribution in [3.63, 3.8) is 0 Å². The van der Waals surface area contributed by atoms with E-state index in [1.807, 2.05) is 19.1 Å². The summed E-state index contributed by atoms with van der Waals surface area (Å²) in [5.41, 5.74) is 1.13. The first kappa shape index (κ1) is 16.6. The van der Waals surface area contributed by atoms with Crippen LogP contribution in [0, 0.1) is 0 Å². The molecule has 1 amide bonds. The number of nitrogens with zero attached hydrogens (tertiary/aromatic N) is 3. The summed E-state index contributed by atoms with van der Waals surface area (Å²) in [6.45, 7) is 2.37. The zero-order valence-electron chi connectivity index (χ0n) is 13.6. The minimum atomic E-state index is -0.466. The number of aromatic nitrogens is 2. The molecule has 24 heavy (non-hydrogen) atoms. The molecule has 8 heteroatoms. The highest BCUT2D eigenvalue weighted by Crippen LogP contribution is 2.18. The molecular formula is C16H20ClN5O2. The van der Waals surface area contributed by atoms with Gasteiger partial charge in [0, 0.05) is 13.6 Å². The third kappa shape index (κ3) is 3.31. The van der Waals surface area contributed by atoms with Crippen LogP contribution in [0.25, 0.3) is 0 Å². The Kier molecular flexibility index (Phi) is 4.62. The van der Waals surface area contributed by atoms with Crippen LogP contribution < -0.4 is 11.0 Å². The van der Waals surface area contributed by atoms with E-state index < -0.39 is 5.69 Å². The molecule has 3 rings (SSSR count). The Labute approximate surface area is 144 Å². The average Bonchev–Trinajstić information content (AvgIpc) is 2.88. The first-order chi connectivity index (χ1) is 11.5. The third-order valence-electron chi connectivity index (χ3n) is 4.08. The molecular weight excluding hydrogens is 330 g/mol. The molecule has 0 aromatic carbocycles. The van der Waals surface area contributed by atoms with Gasteiger partial charge in [-0.3, -0.25) is 9.98 Å². The number of hydrogen-bond donors (Lipinski definition) is 2. The predicted octanol–water partition coefficient (Wildman–Crippen LogP) is 2.15. The van der Waals surface area contributed by atoms with Gasteiger partial charge in [-0.15, -0.1) is 11.6 Å². The van der Waals surface area contributed by atoms with E-state index in [1.165, 1.54) is 4.90 Å². The number of H-pyrrole nitrogens is 1. The van der Waals surface area contributed by atoms with Crippen LogP contribution in [0.2, 0.25) is 0 Å². The molecule has 2 N–H and O–H groups in total. The lowest BCUT2D eigenvalue weighted by Gasteiger charge is -2.20. The molecule has 0 fully saturated rings. The number of amides is 1. The number of fused-ring (bicyclic) bond motifs is 1. The normalized spacial score (nSPS) is 21.9. The maximum Gasteiger partial charge on any atom is 0.336 e. The summed E-state index contributed by atoms with van der Waals surface area (Å²) in [4.78, 5) is 33.1. The van der Waals surface area contributed by atoms with Crippen LogP contribution >= 0.6 is 11.6 Å². The minimum absolute atomic E-state index is 0.0484. The van der Waals surface area contributed by atoms with Crippen molar-refractivity contribution in [2.24, 2.45) is 4.99 Å². The smallest absolute Gasteiger partial charge is 0.336 e. The van der Waals surface area contributed by atoms with Gasteiger partial charge in [0.05, 0.1) is 11.6 Å². The van der Waals surface area contributed by atoms with Crippen molar-refractivity contribution in [3.8, 4) is 0 Å². The first-order valence-corrected chi connectivity index (χ1v) is 8.31. The fourth-order valence-electron chi connectivity index (χ4n) is 2.69. The van der Waals surface area contributed by atoms with Gasteiger partial charge in [0.25, 0.3) is 0 Å². The second-order valence-corrected chi connectivity index (χ2v) is 6.53. The predicted molar refractivity (Wildman–Crippen MR) is 95.3 cm³/mol. The summed E-state index contributed by atoms with van der Waals surface area (Å²) in [5, 5.41) is 3.08. The summed E-state index contributed by atoms with van der Waals surface area (Å²) < 4.78 is 1.11. The van der Waals surface area contributed by atoms with Gasteiger partial charge in [-0.1, -0.05) is 23.8 Å². The number of alkyl halides is 1. The highest BCUT2D eigenvalue weighted by Gasteiger charge is 2.23. The molecule has 2 unspecified atom stereocenters. The van der Waals surface area contributed by atoms with Crippen LogP contribution in [0.1, 0.15) is 25.5 Å². The van der Waals surface area contributed by atoms with Crippen molar-refractivity contribution in [2.75, 3.05) is 18.9 Å². The molecule has 1 aromatic rings. The summed E-state index contributed by atoms with van der Waals surface area (Å²) in [7, 11) is 1.68. The van der Waals surface area contributed by atoms with Crippen molar-refractivity contribution in [3.05, 3.63) is 40.0 Å². The van der Waals surface area contributed by atoms with E-state index in [0.717, 1.165) is 16.6 Å². The highest BCUT2D eigenvalue weighted by molar-refractivity contribution is 6.22. The van der Waals surface area contributed by atoms with Gasteiger partial charge in [0.2, 0.25) is 0 Å². The number of imidazole rings is 1. The zero-order chi connectivity index (χ0) is 17.3. The van der Waals surface area contributed by atoms with Gasteiger partial charge < -0.3 is 10.2 Å². The van der Waals surface area contributed by atoms with E-state index in [9.17, 15) is 9.59 Å². The molecule has 0 bridgehead atoms. The van der Waals surface area contributed by atoms with Crippen LogP contribution in [-0.4, -0.2) is 51.8 Å². The zero-order valence-corrected chi connectivity index (χ0v) is 14.4. The number of aromatic amines is 1. The van der Waals surface area contributed by atoms with E-state index in [1.54, 1.807) is 13.3 Å². The summed E-state index contributed by atoms with van der Waals surface area (Å²) >= 11 is 6.00. The topological polar surface area (TPSA) is 82.5 Å². The van der Waals surface area contributed by atoms with Crippen LogP contribution in [0.15, 0.2) is 33.6 Å². The molecule has 0 radical (unpaired) electrons. The number of hydrogen-bond acceptors (Lipinski definition) is 4. The van der Waals surface area contributed by atoms with Crippen LogP contribution in [0.4, 0.5) is 10.6 Å². The van der Waals surface area contributed by atoms with Crippen molar-refractivity contribution >= 4 is 29.7 Å². The number of allylic oxidation sites excluding steroid dienone is 3. The fraction of sp³-hybridized carbons (Fsp3) is 0.438. The molecule has 1 aromatic heterocycles. The summed E-state index contributed by atoms with van der Waals surface area (Å²) in [5.74, 6) is 0.523. The molecule has 1 aliphatic heterocycles. The van der Waals surface area contributed by atoms with Gasteiger partial charge in [-0.2, -0.15) is 0 Å². The van der Waals surface area contributed by atoms with Crippen LogP contribution in [0.5, 0.6) is 0 Å². The quantitative estimate of drug-likeness (QED) is 0.820. The Morgan fingerprint density at radius 1 is 1.54 bits per heavy atom. The monoisotopic (exact) mass is 349 g/mol. The second-order valence-electron chi connectivity index (χ2n) is 5.97. The third-order valence-corrected chi connectivity index (χ3v) is 4.41. The molecule has 7 nitrogen and oxygen atoms in total. The largest absolute Gasteiger partial charge is 0.348 e. The Bertz CT molecular complexity index is 789. The summed E-state index contributed by atoms with van der Waals surface area (Å²) in [6.07, 6.45) is 8.96. The number of rotatable bonds is 3. The SMILES string of the molecule is CC1N=Cc2c([nH]c(=O)n2C(=O)N(C)CCC2=CCC(Cl)C=C2)N1. The lowest BCUT2D eigenvalue weighted by Crippen LogP contribution is -2.38. The van der Waals surface area contributed by atoms with Crippen molar-refractivity contribution in [2.45, 2.75) is 31.3 Å². The molecule has 0 saturated heterocycles. The number of nitrogens with one attached hydrogen (secondary N) is 2. The molecule has 128 valence electrons. The Morgan fingerprint density at radius 2 is 2.33 bits per heavy atom. The summed E-state index contributed by atoms with van der Waals surface area (Å²) in [6, 6.07) is -0.379. The standard InChI is InChI=1S/C16H20ClN5O2/c1-10-18-9-13-14(19-10)20-15(23)22(13)16(24)21(2)8-7-11-3-5-12(17)6-4-11/h3-5,9-10,12,19H,6-8H2,1-2H3,(H,20,23). The Balaban J connectivity index is 1.70. The van der Waals surface area contributed by atoms with E-state index in [-0.39, 0.29) is 17.6 Å². The Hall–Kier alpha value is -2.28. The lowest BCUT2D eigenvalue weighted by molar-refractivity contribution is 0.210. The molecule has 2 aliphatic rings. The fourth-order valence-corrected chi connectivity index (χ4v) is 2.85. The molecule has 2 atom stereocenters. The van der Waals surface area contributed by atoms with Gasteiger partial charge in [0.1, 0.15) is 17.7 Å².